The molecule has 0 aliphatic carbocycles. The SMILES string of the molecule is Nc1cc(NCc2ccccn2)nc(SCc2ccccc2)n1. The summed E-state index contributed by atoms with van der Waals surface area (Å²) in [6.45, 7) is 0.597. The van der Waals surface area contributed by atoms with Gasteiger partial charge in [-0.05, 0) is 17.7 Å². The van der Waals surface area contributed by atoms with Crippen LogP contribution in [0, 0.1) is 0 Å². The van der Waals surface area contributed by atoms with Crippen molar-refractivity contribution in [2.24, 2.45) is 0 Å². The van der Waals surface area contributed by atoms with E-state index in [9.17, 15) is 0 Å². The van der Waals surface area contributed by atoms with Crippen LogP contribution in [0.25, 0.3) is 0 Å². The average Bonchev–Trinajstić information content (AvgIpc) is 2.60. The van der Waals surface area contributed by atoms with Crippen LogP contribution in [0.2, 0.25) is 0 Å². The summed E-state index contributed by atoms with van der Waals surface area (Å²) in [4.78, 5) is 13.0. The summed E-state index contributed by atoms with van der Waals surface area (Å²) in [5.41, 5.74) is 8.05. The van der Waals surface area contributed by atoms with Crippen LogP contribution in [0.5, 0.6) is 0 Å². The molecule has 1 aromatic carbocycles. The molecule has 0 bridgehead atoms. The van der Waals surface area contributed by atoms with E-state index >= 15 is 0 Å². The Morgan fingerprint density at radius 1 is 1.00 bits per heavy atom. The van der Waals surface area contributed by atoms with Crippen molar-refractivity contribution in [3.05, 3.63) is 72.1 Å². The van der Waals surface area contributed by atoms with Crippen molar-refractivity contribution in [1.29, 1.82) is 0 Å². The van der Waals surface area contributed by atoms with Crippen LogP contribution in [0.15, 0.2) is 66.0 Å². The second kappa shape index (κ2) is 7.60. The van der Waals surface area contributed by atoms with E-state index in [2.05, 4.69) is 32.4 Å². The first-order valence-electron chi connectivity index (χ1n) is 7.25. The maximum absolute atomic E-state index is 5.88. The Hall–Kier alpha value is -2.60. The third-order valence-corrected chi connectivity index (χ3v) is 4.03. The molecule has 0 aliphatic rings. The van der Waals surface area contributed by atoms with Gasteiger partial charge in [-0.3, -0.25) is 4.98 Å². The summed E-state index contributed by atoms with van der Waals surface area (Å²) in [6, 6.07) is 17.8. The molecule has 0 aliphatic heterocycles. The zero-order valence-electron chi connectivity index (χ0n) is 12.5. The number of pyridine rings is 1. The molecule has 23 heavy (non-hydrogen) atoms. The zero-order valence-corrected chi connectivity index (χ0v) is 13.3. The summed E-state index contributed by atoms with van der Waals surface area (Å²) in [6.07, 6.45) is 1.77. The van der Waals surface area contributed by atoms with Crippen molar-refractivity contribution in [2.75, 3.05) is 11.1 Å². The predicted molar refractivity (Wildman–Crippen MR) is 94.0 cm³/mol. The van der Waals surface area contributed by atoms with Gasteiger partial charge in [0.2, 0.25) is 0 Å². The molecule has 2 aromatic heterocycles. The molecule has 0 unspecified atom stereocenters. The molecule has 0 saturated carbocycles. The number of thioether (sulfide) groups is 1. The van der Waals surface area contributed by atoms with Crippen molar-refractivity contribution in [3.63, 3.8) is 0 Å². The predicted octanol–water partition coefficient (Wildman–Crippen LogP) is 3.36. The summed E-state index contributed by atoms with van der Waals surface area (Å²) >= 11 is 1.57. The minimum atomic E-state index is 0.457. The lowest BCUT2D eigenvalue weighted by atomic mass is 10.2. The summed E-state index contributed by atoms with van der Waals surface area (Å²) in [5.74, 6) is 1.97. The second-order valence-corrected chi connectivity index (χ2v) is 5.85. The van der Waals surface area contributed by atoms with Gasteiger partial charge in [-0.15, -0.1) is 0 Å². The molecular weight excluding hydrogens is 306 g/mol. The highest BCUT2D eigenvalue weighted by atomic mass is 32.2. The number of rotatable bonds is 6. The first-order valence-corrected chi connectivity index (χ1v) is 8.23. The minimum Gasteiger partial charge on any atom is -0.383 e. The Morgan fingerprint density at radius 2 is 1.83 bits per heavy atom. The minimum absolute atomic E-state index is 0.457. The molecule has 116 valence electrons. The van der Waals surface area contributed by atoms with E-state index in [1.54, 1.807) is 24.0 Å². The van der Waals surface area contributed by atoms with Gasteiger partial charge in [0.25, 0.3) is 0 Å². The van der Waals surface area contributed by atoms with Crippen LogP contribution in [0.1, 0.15) is 11.3 Å². The molecule has 0 saturated heterocycles. The number of aromatic nitrogens is 3. The number of hydrogen-bond acceptors (Lipinski definition) is 6. The number of anilines is 2. The van der Waals surface area contributed by atoms with Crippen LogP contribution in [0.4, 0.5) is 11.6 Å². The van der Waals surface area contributed by atoms with Crippen molar-refractivity contribution in [3.8, 4) is 0 Å². The number of nitrogens with two attached hydrogens (primary N) is 1. The highest BCUT2D eigenvalue weighted by Gasteiger charge is 2.04. The van der Waals surface area contributed by atoms with Gasteiger partial charge >= 0.3 is 0 Å². The Labute approximate surface area is 139 Å². The van der Waals surface area contributed by atoms with Crippen molar-refractivity contribution in [1.82, 2.24) is 15.0 Å². The summed E-state index contributed by atoms with van der Waals surface area (Å²) < 4.78 is 0. The van der Waals surface area contributed by atoms with Gasteiger partial charge in [0.05, 0.1) is 12.2 Å². The second-order valence-electron chi connectivity index (χ2n) is 4.91. The van der Waals surface area contributed by atoms with Gasteiger partial charge in [-0.25, -0.2) is 9.97 Å². The topological polar surface area (TPSA) is 76.7 Å². The third-order valence-electron chi connectivity index (χ3n) is 3.11. The molecule has 5 nitrogen and oxygen atoms in total. The van der Waals surface area contributed by atoms with E-state index in [4.69, 9.17) is 5.73 Å². The smallest absolute Gasteiger partial charge is 0.191 e. The van der Waals surface area contributed by atoms with Crippen molar-refractivity contribution >= 4 is 23.4 Å². The fourth-order valence-electron chi connectivity index (χ4n) is 2.00. The quantitative estimate of drug-likeness (QED) is 0.535. The normalized spacial score (nSPS) is 10.4. The van der Waals surface area contributed by atoms with Gasteiger partial charge in [-0.1, -0.05) is 48.2 Å². The lowest BCUT2D eigenvalue weighted by Gasteiger charge is -2.08. The lowest BCUT2D eigenvalue weighted by molar-refractivity contribution is 0.949. The molecule has 6 heteroatoms. The molecule has 3 rings (SSSR count). The lowest BCUT2D eigenvalue weighted by Crippen LogP contribution is -2.05. The van der Waals surface area contributed by atoms with Gasteiger partial charge in [0.15, 0.2) is 5.16 Å². The number of nitrogen functional groups attached to an aromatic ring is 1. The van der Waals surface area contributed by atoms with Gasteiger partial charge in [0.1, 0.15) is 11.6 Å². The van der Waals surface area contributed by atoms with E-state index in [0.717, 1.165) is 11.4 Å². The fourth-order valence-corrected chi connectivity index (χ4v) is 2.83. The molecule has 0 radical (unpaired) electrons. The number of benzene rings is 1. The van der Waals surface area contributed by atoms with E-state index in [-0.39, 0.29) is 0 Å². The summed E-state index contributed by atoms with van der Waals surface area (Å²) in [5, 5.41) is 3.90. The van der Waals surface area contributed by atoms with E-state index < -0.39 is 0 Å². The van der Waals surface area contributed by atoms with Gasteiger partial charge in [0, 0.05) is 18.0 Å². The molecule has 0 spiro atoms. The van der Waals surface area contributed by atoms with E-state index in [1.165, 1.54) is 5.56 Å². The maximum Gasteiger partial charge on any atom is 0.191 e. The number of nitrogens with zero attached hydrogens (tertiary/aromatic N) is 3. The van der Waals surface area contributed by atoms with Crippen LogP contribution in [-0.2, 0) is 12.3 Å². The standard InChI is InChI=1S/C17H17N5S/c18-15-10-16(20-11-14-8-4-5-9-19-14)22-17(21-15)23-12-13-6-2-1-3-7-13/h1-10H,11-12H2,(H3,18,20,21,22). The van der Waals surface area contributed by atoms with Crippen LogP contribution in [0.3, 0.4) is 0 Å². The fraction of sp³-hybridized carbons (Fsp3) is 0.118. The van der Waals surface area contributed by atoms with Crippen molar-refractivity contribution in [2.45, 2.75) is 17.5 Å². The van der Waals surface area contributed by atoms with Crippen LogP contribution >= 0.6 is 11.8 Å². The maximum atomic E-state index is 5.88. The molecule has 3 N–H and O–H groups in total. The average molecular weight is 323 g/mol. The van der Waals surface area contributed by atoms with Crippen LogP contribution in [-0.4, -0.2) is 15.0 Å². The Bertz CT molecular complexity index is 688. The van der Waals surface area contributed by atoms with Crippen molar-refractivity contribution < 1.29 is 0 Å². The molecule has 0 amide bonds. The molecule has 2 heterocycles. The highest BCUT2D eigenvalue weighted by molar-refractivity contribution is 7.98. The number of hydrogen-bond donors (Lipinski definition) is 2. The molecular formula is C17H17N5S. The van der Waals surface area contributed by atoms with E-state index in [1.807, 2.05) is 36.4 Å². The zero-order chi connectivity index (χ0) is 15.9. The van der Waals surface area contributed by atoms with Crippen LogP contribution < -0.4 is 11.1 Å². The largest absolute Gasteiger partial charge is 0.383 e. The first-order chi connectivity index (χ1) is 11.3. The van der Waals surface area contributed by atoms with Gasteiger partial charge in [-0.2, -0.15) is 0 Å². The Balaban J connectivity index is 1.64. The molecule has 0 fully saturated rings. The molecule has 3 aromatic rings. The number of nitrogens with one attached hydrogen (secondary N) is 1. The van der Waals surface area contributed by atoms with Gasteiger partial charge < -0.3 is 11.1 Å². The highest BCUT2D eigenvalue weighted by Crippen LogP contribution is 2.22. The van der Waals surface area contributed by atoms with E-state index in [0.29, 0.717) is 23.3 Å². The third kappa shape index (κ3) is 4.69. The Morgan fingerprint density at radius 3 is 2.61 bits per heavy atom. The monoisotopic (exact) mass is 323 g/mol. The summed E-state index contributed by atoms with van der Waals surface area (Å²) in [7, 11) is 0. The Kier molecular flexibility index (Phi) is 5.06. The molecule has 0 atom stereocenters. The first kappa shape index (κ1) is 15.3.